The monoisotopic (exact) mass is 395 g/mol. The highest BCUT2D eigenvalue weighted by molar-refractivity contribution is 8.15. The number of amidine groups is 1. The van der Waals surface area contributed by atoms with E-state index in [0.717, 1.165) is 38.5 Å². The molecule has 8 heteroatoms. The van der Waals surface area contributed by atoms with Gasteiger partial charge in [-0.3, -0.25) is 4.79 Å². The van der Waals surface area contributed by atoms with E-state index in [1.165, 1.54) is 11.8 Å². The summed E-state index contributed by atoms with van der Waals surface area (Å²) in [5.41, 5.74) is 0.648. The molecule has 26 heavy (non-hydrogen) atoms. The zero-order valence-electron chi connectivity index (χ0n) is 15.0. The topological polar surface area (TPSA) is 78.8 Å². The van der Waals surface area contributed by atoms with Gasteiger partial charge >= 0.3 is 0 Å². The van der Waals surface area contributed by atoms with E-state index in [2.05, 4.69) is 16.6 Å². The molecule has 1 aliphatic carbocycles. The van der Waals surface area contributed by atoms with Crippen LogP contribution in [0.25, 0.3) is 0 Å². The van der Waals surface area contributed by atoms with Gasteiger partial charge in [-0.25, -0.2) is 0 Å². The number of thioether (sulfide) groups is 1. The number of anilines is 1. The number of carbonyl (C=O) groups excluding carboxylic acids is 1. The first kappa shape index (κ1) is 19.2. The molecule has 1 saturated carbocycles. The molecule has 1 heterocycles. The fourth-order valence-electron chi connectivity index (χ4n) is 3.31. The number of hydrogen-bond donors (Lipinski definition) is 1. The number of sulfonamides is 1. The number of nitrogens with zero attached hydrogens (tertiary/aromatic N) is 2. The van der Waals surface area contributed by atoms with E-state index in [0.29, 0.717) is 17.4 Å². The minimum Gasteiger partial charge on any atom is -0.353 e. The molecular formula is C18H25N3O3S2. The average Bonchev–Trinajstić information content (AvgIpc) is 3.12. The Morgan fingerprint density at radius 2 is 2.04 bits per heavy atom. The fraction of sp³-hybridized carbons (Fsp3) is 0.556. The van der Waals surface area contributed by atoms with Gasteiger partial charge in [-0.1, -0.05) is 50.1 Å². The van der Waals surface area contributed by atoms with Crippen molar-refractivity contribution in [3.05, 3.63) is 24.3 Å². The molecule has 1 fully saturated rings. The van der Waals surface area contributed by atoms with E-state index >= 15 is 0 Å². The molecule has 2 aliphatic rings. The Labute approximate surface area is 159 Å². The fourth-order valence-corrected chi connectivity index (χ4v) is 5.60. The number of unbranched alkanes of at least 4 members (excludes halogenated alkanes) is 1. The third-order valence-corrected chi connectivity index (χ3v) is 7.06. The maximum absolute atomic E-state index is 12.5. The predicted octanol–water partition coefficient (Wildman–Crippen LogP) is 3.14. The molecule has 0 saturated heterocycles. The minimum absolute atomic E-state index is 0.0590. The molecule has 142 valence electrons. The molecule has 1 aromatic rings. The van der Waals surface area contributed by atoms with Crippen molar-refractivity contribution in [1.29, 1.82) is 0 Å². The third-order valence-electron chi connectivity index (χ3n) is 4.65. The third kappa shape index (κ3) is 4.40. The zero-order chi connectivity index (χ0) is 18.6. The molecule has 1 aromatic carbocycles. The number of carbonyl (C=O) groups is 1. The summed E-state index contributed by atoms with van der Waals surface area (Å²) in [6.07, 6.45) is 6.28. The molecule has 0 radical (unpaired) electrons. The van der Waals surface area contributed by atoms with E-state index in [1.807, 2.05) is 11.0 Å². The van der Waals surface area contributed by atoms with Crippen LogP contribution in [0, 0.1) is 0 Å². The van der Waals surface area contributed by atoms with Crippen LogP contribution in [0.1, 0.15) is 45.4 Å². The van der Waals surface area contributed by atoms with Gasteiger partial charge in [0.2, 0.25) is 5.91 Å². The zero-order valence-corrected chi connectivity index (χ0v) is 16.6. The molecule has 0 bridgehead atoms. The molecule has 1 N–H and O–H groups in total. The van der Waals surface area contributed by atoms with Crippen molar-refractivity contribution in [1.82, 2.24) is 5.32 Å². The summed E-state index contributed by atoms with van der Waals surface area (Å²) in [7, 11) is -3.73. The maximum atomic E-state index is 12.5. The Bertz CT molecular complexity index is 787. The van der Waals surface area contributed by atoms with Gasteiger partial charge in [0.15, 0.2) is 5.17 Å². The van der Waals surface area contributed by atoms with Crippen LogP contribution in [0.5, 0.6) is 0 Å². The molecule has 6 nitrogen and oxygen atoms in total. The summed E-state index contributed by atoms with van der Waals surface area (Å²) in [6.45, 7) is 2.77. The molecule has 3 rings (SSSR count). The highest BCUT2D eigenvalue weighted by atomic mass is 32.2. The van der Waals surface area contributed by atoms with Gasteiger partial charge < -0.3 is 10.2 Å². The highest BCUT2D eigenvalue weighted by Crippen LogP contribution is 2.34. The molecule has 1 aliphatic heterocycles. The number of para-hydroxylation sites is 1. The molecular weight excluding hydrogens is 370 g/mol. The highest BCUT2D eigenvalue weighted by Gasteiger charge is 2.31. The number of nitrogens with one attached hydrogen (secondary N) is 1. The summed E-state index contributed by atoms with van der Waals surface area (Å²) < 4.78 is 29.0. The molecule has 0 aromatic heterocycles. The van der Waals surface area contributed by atoms with Crippen LogP contribution in [-0.4, -0.2) is 37.8 Å². The van der Waals surface area contributed by atoms with E-state index < -0.39 is 10.0 Å². The van der Waals surface area contributed by atoms with Gasteiger partial charge in [0.25, 0.3) is 10.0 Å². The van der Waals surface area contributed by atoms with Crippen molar-refractivity contribution in [2.45, 2.75) is 56.4 Å². The SMILES string of the molecule is CCCCN1C(SCC(=O)NC2CCCC2)=NS(=O)(=O)c2ccccc21. The van der Waals surface area contributed by atoms with Gasteiger partial charge in [-0.15, -0.1) is 4.40 Å². The lowest BCUT2D eigenvalue weighted by atomic mass is 10.2. The van der Waals surface area contributed by atoms with E-state index in [4.69, 9.17) is 0 Å². The Balaban J connectivity index is 1.75. The van der Waals surface area contributed by atoms with Crippen LogP contribution in [0.4, 0.5) is 5.69 Å². The summed E-state index contributed by atoms with van der Waals surface area (Å²) in [5.74, 6) is 0.117. The summed E-state index contributed by atoms with van der Waals surface area (Å²) in [4.78, 5) is 14.4. The Hall–Kier alpha value is -1.54. The summed E-state index contributed by atoms with van der Waals surface area (Å²) >= 11 is 1.20. The Morgan fingerprint density at radius 3 is 2.77 bits per heavy atom. The Kier molecular flexibility index (Phi) is 6.24. The standard InChI is InChI=1S/C18H25N3O3S2/c1-2-3-12-21-15-10-6-7-11-16(15)26(23,24)20-18(21)25-13-17(22)19-14-8-4-5-9-14/h6-7,10-11,14H,2-5,8-9,12-13H2,1H3,(H,19,22). The van der Waals surface area contributed by atoms with Crippen molar-refractivity contribution in [3.8, 4) is 0 Å². The molecule has 0 atom stereocenters. The van der Waals surface area contributed by atoms with Crippen molar-refractivity contribution in [2.24, 2.45) is 4.40 Å². The van der Waals surface area contributed by atoms with Gasteiger partial charge in [0.05, 0.1) is 11.4 Å². The van der Waals surface area contributed by atoms with Crippen LogP contribution in [-0.2, 0) is 14.8 Å². The smallest absolute Gasteiger partial charge is 0.286 e. The normalized spacial score (nSPS) is 19.1. The summed E-state index contributed by atoms with van der Waals surface area (Å²) in [6, 6.07) is 7.18. The second-order valence-corrected chi connectivity index (χ2v) is 9.17. The number of hydrogen-bond acceptors (Lipinski definition) is 5. The average molecular weight is 396 g/mol. The first-order valence-corrected chi connectivity index (χ1v) is 11.6. The lowest BCUT2D eigenvalue weighted by molar-refractivity contribution is -0.119. The van der Waals surface area contributed by atoms with E-state index in [-0.39, 0.29) is 22.6 Å². The van der Waals surface area contributed by atoms with Crippen LogP contribution < -0.4 is 10.2 Å². The first-order valence-electron chi connectivity index (χ1n) is 9.15. The maximum Gasteiger partial charge on any atom is 0.286 e. The number of rotatable bonds is 6. The lowest BCUT2D eigenvalue weighted by Crippen LogP contribution is -2.37. The summed E-state index contributed by atoms with van der Waals surface area (Å²) in [5, 5.41) is 3.42. The largest absolute Gasteiger partial charge is 0.353 e. The van der Waals surface area contributed by atoms with Crippen molar-refractivity contribution in [3.63, 3.8) is 0 Å². The number of benzene rings is 1. The van der Waals surface area contributed by atoms with Crippen molar-refractivity contribution >= 4 is 38.5 Å². The Morgan fingerprint density at radius 1 is 1.31 bits per heavy atom. The van der Waals surface area contributed by atoms with Crippen LogP contribution in [0.15, 0.2) is 33.6 Å². The van der Waals surface area contributed by atoms with Crippen LogP contribution in [0.2, 0.25) is 0 Å². The van der Waals surface area contributed by atoms with E-state index in [9.17, 15) is 13.2 Å². The van der Waals surface area contributed by atoms with Crippen molar-refractivity contribution < 1.29 is 13.2 Å². The minimum atomic E-state index is -3.73. The second kappa shape index (κ2) is 8.43. The van der Waals surface area contributed by atoms with Gasteiger partial charge in [0.1, 0.15) is 4.90 Å². The van der Waals surface area contributed by atoms with Crippen LogP contribution in [0.3, 0.4) is 0 Å². The number of amides is 1. The van der Waals surface area contributed by atoms with Gasteiger partial charge in [-0.2, -0.15) is 8.42 Å². The first-order chi connectivity index (χ1) is 12.5. The second-order valence-electron chi connectivity index (χ2n) is 6.66. The van der Waals surface area contributed by atoms with Gasteiger partial charge in [0, 0.05) is 12.6 Å². The molecule has 0 spiro atoms. The quantitative estimate of drug-likeness (QED) is 0.800. The molecule has 0 unspecified atom stereocenters. The van der Waals surface area contributed by atoms with E-state index in [1.54, 1.807) is 18.2 Å². The van der Waals surface area contributed by atoms with Gasteiger partial charge in [-0.05, 0) is 31.4 Å². The molecule has 1 amide bonds. The predicted molar refractivity (Wildman–Crippen MR) is 106 cm³/mol. The van der Waals surface area contributed by atoms with Crippen molar-refractivity contribution in [2.75, 3.05) is 17.2 Å². The van der Waals surface area contributed by atoms with Crippen LogP contribution >= 0.6 is 11.8 Å². The number of fused-ring (bicyclic) bond motifs is 1. The lowest BCUT2D eigenvalue weighted by Gasteiger charge is -2.30.